The van der Waals surface area contributed by atoms with Crippen LogP contribution in [0.5, 0.6) is 5.75 Å². The van der Waals surface area contributed by atoms with Crippen LogP contribution in [-0.2, 0) is 17.8 Å². The highest BCUT2D eigenvalue weighted by Gasteiger charge is 2.33. The molecule has 0 saturated carbocycles. The van der Waals surface area contributed by atoms with E-state index in [0.717, 1.165) is 31.2 Å². The molecule has 222 valence electrons. The Morgan fingerprint density at radius 3 is 2.60 bits per heavy atom. The molecule has 0 aliphatic carbocycles. The Morgan fingerprint density at radius 2 is 1.82 bits per heavy atom. The van der Waals surface area contributed by atoms with E-state index in [2.05, 4.69) is 39.7 Å². The van der Waals surface area contributed by atoms with Crippen molar-refractivity contribution in [3.63, 3.8) is 0 Å². The number of hydrogen-bond acceptors (Lipinski definition) is 7. The molecule has 4 aromatic carbocycles. The highest BCUT2D eigenvalue weighted by molar-refractivity contribution is 14.1. The maximum atomic E-state index is 13.8. The van der Waals surface area contributed by atoms with Crippen LogP contribution in [0, 0.1) is 25.0 Å². The van der Waals surface area contributed by atoms with Gasteiger partial charge in [0, 0.05) is 41.3 Å². The maximum Gasteiger partial charge on any atom is 0.269 e. The summed E-state index contributed by atoms with van der Waals surface area (Å²) in [6.45, 7) is 0.674. The smallest absolute Gasteiger partial charge is 0.269 e. The van der Waals surface area contributed by atoms with Crippen molar-refractivity contribution in [2.24, 2.45) is 4.99 Å². The number of amides is 1. The summed E-state index contributed by atoms with van der Waals surface area (Å²) in [6, 6.07) is 29.2. The van der Waals surface area contributed by atoms with E-state index in [1.807, 2.05) is 66.9 Å². The van der Waals surface area contributed by atoms with Crippen LogP contribution in [0.25, 0.3) is 17.0 Å². The molecular formula is C34H24IN5O4S. The molecule has 45 heavy (non-hydrogen) atoms. The third kappa shape index (κ3) is 6.77. The number of hydrogen-bond donors (Lipinski definition) is 1. The molecule has 1 N–H and O–H groups in total. The van der Waals surface area contributed by atoms with E-state index < -0.39 is 4.92 Å². The zero-order chi connectivity index (χ0) is 31.3. The van der Waals surface area contributed by atoms with Gasteiger partial charge in [0.25, 0.3) is 11.6 Å². The zero-order valence-electron chi connectivity index (χ0n) is 23.6. The van der Waals surface area contributed by atoms with Gasteiger partial charge in [0.15, 0.2) is 5.17 Å². The Balaban J connectivity index is 1.24. The molecule has 6 rings (SSSR count). The Morgan fingerprint density at radius 1 is 1.04 bits per heavy atom. The number of carbonyl (C=O) groups is 1. The Labute approximate surface area is 276 Å². The topological polar surface area (TPSA) is 125 Å². The maximum absolute atomic E-state index is 13.8. The zero-order valence-corrected chi connectivity index (χ0v) is 26.6. The lowest BCUT2D eigenvalue weighted by atomic mass is 10.1. The first-order valence-corrected chi connectivity index (χ1v) is 15.8. The van der Waals surface area contributed by atoms with Crippen molar-refractivity contribution in [3.05, 3.63) is 138 Å². The lowest BCUT2D eigenvalue weighted by Gasteiger charge is -2.15. The fourth-order valence-electron chi connectivity index (χ4n) is 4.90. The Kier molecular flexibility index (Phi) is 8.95. The number of non-ortho nitro benzene ring substituents is 1. The minimum absolute atomic E-state index is 0.0258. The third-order valence-electron chi connectivity index (χ3n) is 7.23. The summed E-state index contributed by atoms with van der Waals surface area (Å²) < 4.78 is 6.87. The number of nitrogens with zero attached hydrogens (tertiary/aromatic N) is 4. The van der Waals surface area contributed by atoms with Crippen LogP contribution in [0.4, 0.5) is 11.4 Å². The van der Waals surface area contributed by atoms with Crippen LogP contribution in [0.2, 0.25) is 0 Å². The molecule has 0 spiro atoms. The molecular weight excluding hydrogens is 701 g/mol. The predicted octanol–water partition coefficient (Wildman–Crippen LogP) is 7.98. The van der Waals surface area contributed by atoms with Gasteiger partial charge in [-0.05, 0) is 94.4 Å². The van der Waals surface area contributed by atoms with Gasteiger partial charge in [-0.1, -0.05) is 42.5 Å². The molecule has 0 unspecified atom stereocenters. The molecule has 1 aliphatic rings. The average molecular weight is 726 g/mol. The molecule has 2 heterocycles. The number of halogens is 1. The predicted molar refractivity (Wildman–Crippen MR) is 184 cm³/mol. The fourth-order valence-corrected chi connectivity index (χ4v) is 6.62. The number of nitrogens with one attached hydrogen (secondary N) is 1. The second kappa shape index (κ2) is 13.4. The molecule has 0 bridgehead atoms. The average Bonchev–Trinajstić information content (AvgIpc) is 3.59. The summed E-state index contributed by atoms with van der Waals surface area (Å²) in [5.41, 5.74) is 4.83. The number of para-hydroxylation sites is 1. The molecule has 9 nitrogen and oxygen atoms in total. The van der Waals surface area contributed by atoms with Gasteiger partial charge in [0.2, 0.25) is 0 Å². The lowest BCUT2D eigenvalue weighted by Crippen LogP contribution is -2.31. The van der Waals surface area contributed by atoms with Crippen molar-refractivity contribution < 1.29 is 14.5 Å². The van der Waals surface area contributed by atoms with Gasteiger partial charge >= 0.3 is 0 Å². The van der Waals surface area contributed by atoms with E-state index in [1.165, 1.54) is 23.9 Å². The second-order valence-corrected chi connectivity index (χ2v) is 12.3. The summed E-state index contributed by atoms with van der Waals surface area (Å²) in [4.78, 5) is 34.6. The number of aromatic nitrogens is 1. The number of amidine groups is 1. The Bertz CT molecular complexity index is 2030. The summed E-state index contributed by atoms with van der Waals surface area (Å²) in [5.74, 6) is 0.514. The highest BCUT2D eigenvalue weighted by atomic mass is 127. The van der Waals surface area contributed by atoms with Gasteiger partial charge in [0.05, 0.1) is 30.7 Å². The number of aromatic amines is 1. The minimum atomic E-state index is -0.456. The van der Waals surface area contributed by atoms with E-state index in [-0.39, 0.29) is 18.2 Å². The van der Waals surface area contributed by atoms with E-state index >= 15 is 0 Å². The number of thioether (sulfide) groups is 1. The van der Waals surface area contributed by atoms with Crippen molar-refractivity contribution in [1.29, 1.82) is 5.26 Å². The number of nitriles is 1. The molecule has 1 aliphatic heterocycles. The van der Waals surface area contributed by atoms with Crippen LogP contribution >= 0.6 is 34.4 Å². The van der Waals surface area contributed by atoms with Crippen LogP contribution in [0.15, 0.2) is 107 Å². The van der Waals surface area contributed by atoms with E-state index in [0.29, 0.717) is 40.0 Å². The number of carbonyl (C=O) groups excluding carboxylic acids is 1. The number of fused-ring (bicyclic) bond motifs is 1. The number of nitro benzene ring substituents is 1. The fraction of sp³-hybridized carbons (Fsp3) is 0.0882. The Hall–Kier alpha value is -4.93. The third-order valence-corrected chi connectivity index (χ3v) is 9.08. The van der Waals surface area contributed by atoms with Gasteiger partial charge < -0.3 is 9.72 Å². The van der Waals surface area contributed by atoms with E-state index in [4.69, 9.17) is 9.73 Å². The van der Waals surface area contributed by atoms with Crippen molar-refractivity contribution in [3.8, 4) is 11.8 Å². The molecule has 11 heteroatoms. The van der Waals surface area contributed by atoms with E-state index in [9.17, 15) is 20.2 Å². The van der Waals surface area contributed by atoms with Gasteiger partial charge in [-0.2, -0.15) is 5.26 Å². The number of rotatable bonds is 9. The highest BCUT2D eigenvalue weighted by Crippen LogP contribution is 2.36. The van der Waals surface area contributed by atoms with Crippen molar-refractivity contribution in [1.82, 2.24) is 9.88 Å². The van der Waals surface area contributed by atoms with E-state index in [1.54, 1.807) is 23.1 Å². The summed E-state index contributed by atoms with van der Waals surface area (Å²) >= 11 is 3.47. The number of H-pyrrole nitrogens is 1. The molecule has 1 amide bonds. The standard InChI is InChI=1S/C34H24IN5O4S/c35-29-17-22(9-14-31(29)44-21-25-6-2-1-5-23(25)19-36)18-32-33(41)39(16-15-24-20-37-30-8-4-3-7-28(24)30)34(45-32)38-26-10-12-27(13-11-26)40(42)43/h1-14,17-18,20,37H,15-16,21H2/b32-18-,38-34?. The molecule has 1 saturated heterocycles. The first-order chi connectivity index (χ1) is 21.9. The second-order valence-electron chi connectivity index (χ2n) is 10.1. The van der Waals surface area contributed by atoms with Gasteiger partial charge in [0.1, 0.15) is 12.4 Å². The monoisotopic (exact) mass is 725 g/mol. The van der Waals surface area contributed by atoms with Gasteiger partial charge in [-0.15, -0.1) is 0 Å². The first kappa shape index (κ1) is 30.1. The minimum Gasteiger partial charge on any atom is -0.488 e. The summed E-state index contributed by atoms with van der Waals surface area (Å²) in [7, 11) is 0. The van der Waals surface area contributed by atoms with Crippen LogP contribution < -0.4 is 4.74 Å². The van der Waals surface area contributed by atoms with Crippen molar-refractivity contribution >= 4 is 73.8 Å². The van der Waals surface area contributed by atoms with Crippen molar-refractivity contribution in [2.45, 2.75) is 13.0 Å². The number of nitro groups is 1. The lowest BCUT2D eigenvalue weighted by molar-refractivity contribution is -0.384. The molecule has 5 aromatic rings. The summed E-state index contributed by atoms with van der Waals surface area (Å²) in [5, 5.41) is 22.1. The molecule has 0 radical (unpaired) electrons. The number of ether oxygens (including phenoxy) is 1. The number of benzene rings is 4. The molecule has 0 atom stereocenters. The first-order valence-electron chi connectivity index (χ1n) is 13.9. The van der Waals surface area contributed by atoms with Crippen LogP contribution in [0.1, 0.15) is 22.3 Å². The van der Waals surface area contributed by atoms with Crippen LogP contribution in [-0.4, -0.2) is 32.4 Å². The quantitative estimate of drug-likeness (QED) is 0.0712. The van der Waals surface area contributed by atoms with Gasteiger partial charge in [-0.3, -0.25) is 19.8 Å². The molecule has 1 fully saturated rings. The normalized spacial score (nSPS) is 14.8. The molecule has 1 aromatic heterocycles. The SMILES string of the molecule is N#Cc1ccccc1COc1ccc(/C=C2\SC(=Nc3ccc([N+](=O)[O-])cc3)N(CCc3c[nH]c4ccccc34)C2=O)cc1I. The number of aliphatic imine (C=N–C) groups is 1. The van der Waals surface area contributed by atoms with Gasteiger partial charge in [-0.25, -0.2) is 4.99 Å². The summed E-state index contributed by atoms with van der Waals surface area (Å²) in [6.07, 6.45) is 4.41. The van der Waals surface area contributed by atoms with Crippen LogP contribution in [0.3, 0.4) is 0 Å². The largest absolute Gasteiger partial charge is 0.488 e. The van der Waals surface area contributed by atoms with Crippen molar-refractivity contribution in [2.75, 3.05) is 6.54 Å².